The Hall–Kier alpha value is -3.19. The number of amides is 1. The van der Waals surface area contributed by atoms with Crippen LogP contribution in [0.1, 0.15) is 133 Å². The molecule has 242 valence electrons. The molecule has 1 unspecified atom stereocenters. The van der Waals surface area contributed by atoms with Crippen LogP contribution in [0.2, 0.25) is 0 Å². The van der Waals surface area contributed by atoms with Crippen molar-refractivity contribution in [3.8, 4) is 11.1 Å². The number of aliphatic carboxylic acids is 1. The predicted octanol–water partition coefficient (Wildman–Crippen LogP) is 8.53. The van der Waals surface area contributed by atoms with Crippen molar-refractivity contribution in [3.05, 3.63) is 59.7 Å². The fourth-order valence-electron chi connectivity index (χ4n) is 6.24. The fraction of sp³-hybridized carbons (Fsp3) is 0.595. The summed E-state index contributed by atoms with van der Waals surface area (Å²) in [4.78, 5) is 36.9. The molecule has 2 aromatic rings. The van der Waals surface area contributed by atoms with Crippen molar-refractivity contribution in [1.82, 2.24) is 5.32 Å². The molecular weight excluding hydrogens is 552 g/mol. The first-order chi connectivity index (χ1) is 21.4. The van der Waals surface area contributed by atoms with Gasteiger partial charge in [-0.05, 0) is 47.9 Å². The number of fused-ring (bicyclic) bond motifs is 3. The maximum Gasteiger partial charge on any atom is 0.407 e. The number of ketones is 1. The van der Waals surface area contributed by atoms with E-state index in [2.05, 4.69) is 24.4 Å². The lowest BCUT2D eigenvalue weighted by molar-refractivity contribution is -0.139. The molecule has 0 fully saturated rings. The van der Waals surface area contributed by atoms with E-state index in [0.29, 0.717) is 19.3 Å². The maximum atomic E-state index is 12.6. The molecule has 2 aromatic carbocycles. The number of ether oxygens (including phenoxy) is 1. The Morgan fingerprint density at radius 1 is 0.750 bits per heavy atom. The van der Waals surface area contributed by atoms with Crippen LogP contribution in [0.25, 0.3) is 11.1 Å². The number of hydrogen-bond donors (Lipinski definition) is 3. The quantitative estimate of drug-likeness (QED) is 0.109. The van der Waals surface area contributed by atoms with Crippen LogP contribution in [0, 0.1) is 0 Å². The summed E-state index contributed by atoms with van der Waals surface area (Å²) in [6.07, 6.45) is 17.0. The smallest absolute Gasteiger partial charge is 0.407 e. The third-order valence-corrected chi connectivity index (χ3v) is 8.88. The molecule has 0 aliphatic heterocycles. The van der Waals surface area contributed by atoms with Gasteiger partial charge in [-0.1, -0.05) is 133 Å². The van der Waals surface area contributed by atoms with Gasteiger partial charge in [-0.3, -0.25) is 4.79 Å². The molecular formula is C37H54N2O5. The van der Waals surface area contributed by atoms with Crippen molar-refractivity contribution in [3.63, 3.8) is 0 Å². The molecule has 0 radical (unpaired) electrons. The molecule has 0 aromatic heterocycles. The second-order valence-corrected chi connectivity index (χ2v) is 12.4. The topological polar surface area (TPSA) is 119 Å². The lowest BCUT2D eigenvalue weighted by Crippen LogP contribution is -2.41. The van der Waals surface area contributed by atoms with Crippen LogP contribution in [0.15, 0.2) is 48.5 Å². The van der Waals surface area contributed by atoms with E-state index in [1.165, 1.54) is 64.2 Å². The summed E-state index contributed by atoms with van der Waals surface area (Å²) in [5, 5.41) is 12.1. The minimum absolute atomic E-state index is 0.0319. The molecule has 44 heavy (non-hydrogen) atoms. The van der Waals surface area contributed by atoms with Crippen molar-refractivity contribution in [2.24, 2.45) is 5.73 Å². The number of nitrogens with one attached hydrogen (secondary N) is 1. The number of alkyl carbamates (subject to hydrolysis) is 1. The van der Waals surface area contributed by atoms with Crippen LogP contribution in [-0.4, -0.2) is 41.6 Å². The van der Waals surface area contributed by atoms with Crippen molar-refractivity contribution < 1.29 is 24.2 Å². The van der Waals surface area contributed by atoms with Crippen LogP contribution in [0.3, 0.4) is 0 Å². The highest BCUT2D eigenvalue weighted by molar-refractivity contribution is 5.84. The zero-order valence-electron chi connectivity index (χ0n) is 26.7. The first-order valence-corrected chi connectivity index (χ1v) is 17.0. The van der Waals surface area contributed by atoms with Gasteiger partial charge in [0.2, 0.25) is 0 Å². The molecule has 7 nitrogen and oxygen atoms in total. The van der Waals surface area contributed by atoms with Crippen molar-refractivity contribution in [2.75, 3.05) is 6.61 Å². The van der Waals surface area contributed by atoms with Gasteiger partial charge in [-0.2, -0.15) is 0 Å². The van der Waals surface area contributed by atoms with Gasteiger partial charge in [-0.15, -0.1) is 0 Å². The second-order valence-electron chi connectivity index (χ2n) is 12.4. The first kappa shape index (κ1) is 35.3. The van der Waals surface area contributed by atoms with Gasteiger partial charge in [0.05, 0.1) is 6.04 Å². The summed E-state index contributed by atoms with van der Waals surface area (Å²) in [6.45, 7) is 2.37. The molecule has 2 atom stereocenters. The molecule has 3 rings (SSSR count). The van der Waals surface area contributed by atoms with E-state index in [0.717, 1.165) is 41.5 Å². The number of unbranched alkanes of at least 4 members (excludes halogenated alkanes) is 12. The van der Waals surface area contributed by atoms with Gasteiger partial charge >= 0.3 is 12.1 Å². The van der Waals surface area contributed by atoms with Crippen LogP contribution >= 0.6 is 0 Å². The number of carboxylic acids is 1. The van der Waals surface area contributed by atoms with Gasteiger partial charge < -0.3 is 20.9 Å². The Bertz CT molecular complexity index is 1120. The van der Waals surface area contributed by atoms with Gasteiger partial charge in [-0.25, -0.2) is 9.59 Å². The van der Waals surface area contributed by atoms with E-state index in [4.69, 9.17) is 10.5 Å². The lowest BCUT2D eigenvalue weighted by atomic mass is 9.98. The van der Waals surface area contributed by atoms with Crippen LogP contribution in [0.4, 0.5) is 4.79 Å². The molecule has 1 aliphatic rings. The first-order valence-electron chi connectivity index (χ1n) is 17.0. The highest BCUT2D eigenvalue weighted by atomic mass is 16.5. The van der Waals surface area contributed by atoms with Gasteiger partial charge in [0, 0.05) is 12.3 Å². The van der Waals surface area contributed by atoms with Crippen molar-refractivity contribution >= 4 is 17.8 Å². The van der Waals surface area contributed by atoms with E-state index in [-0.39, 0.29) is 24.7 Å². The van der Waals surface area contributed by atoms with Crippen LogP contribution < -0.4 is 11.1 Å². The Morgan fingerprint density at radius 3 is 1.77 bits per heavy atom. The van der Waals surface area contributed by atoms with E-state index >= 15 is 0 Å². The summed E-state index contributed by atoms with van der Waals surface area (Å²) in [5.74, 6) is -1.20. The highest BCUT2D eigenvalue weighted by Gasteiger charge is 2.29. The third-order valence-electron chi connectivity index (χ3n) is 8.88. The normalized spacial score (nSPS) is 13.6. The number of rotatable bonds is 23. The number of benzene rings is 2. The number of carbonyl (C=O) groups excluding carboxylic acids is 2. The Balaban J connectivity index is 1.26. The summed E-state index contributed by atoms with van der Waals surface area (Å²) in [5.41, 5.74) is 10.5. The highest BCUT2D eigenvalue weighted by Crippen LogP contribution is 2.44. The molecule has 4 N–H and O–H groups in total. The Morgan fingerprint density at radius 2 is 1.25 bits per heavy atom. The zero-order valence-corrected chi connectivity index (χ0v) is 26.7. The number of Topliss-reactive ketones (excluding diaryl/α,β-unsaturated/α-hetero) is 1. The Labute approximate surface area is 264 Å². The monoisotopic (exact) mass is 606 g/mol. The summed E-state index contributed by atoms with van der Waals surface area (Å²) in [7, 11) is 0. The number of carbonyl (C=O) groups is 3. The molecule has 1 aliphatic carbocycles. The molecule has 7 heteroatoms. The maximum absolute atomic E-state index is 12.6. The van der Waals surface area contributed by atoms with Gasteiger partial charge in [0.1, 0.15) is 18.4 Å². The average molecular weight is 607 g/mol. The zero-order chi connectivity index (χ0) is 31.6. The average Bonchev–Trinajstić information content (AvgIpc) is 3.35. The van der Waals surface area contributed by atoms with Crippen molar-refractivity contribution in [1.29, 1.82) is 0 Å². The largest absolute Gasteiger partial charge is 0.480 e. The summed E-state index contributed by atoms with van der Waals surface area (Å²) < 4.78 is 5.51. The molecule has 0 spiro atoms. The van der Waals surface area contributed by atoms with Crippen molar-refractivity contribution in [2.45, 2.75) is 134 Å². The van der Waals surface area contributed by atoms with E-state index < -0.39 is 24.1 Å². The number of hydrogen-bond acceptors (Lipinski definition) is 5. The SMILES string of the molecule is CCCCCCCCCCCCCCCC(=O)C(N)CCC[C@H](NC(=O)OCC1c2ccccc2-c2ccccc21)C(=O)O. The minimum atomic E-state index is -1.13. The molecule has 0 bridgehead atoms. The van der Waals surface area contributed by atoms with Crippen LogP contribution in [0.5, 0.6) is 0 Å². The fourth-order valence-corrected chi connectivity index (χ4v) is 6.24. The lowest BCUT2D eigenvalue weighted by Gasteiger charge is -2.18. The molecule has 0 heterocycles. The van der Waals surface area contributed by atoms with Gasteiger partial charge in [0.15, 0.2) is 0 Å². The number of carboxylic acid groups (broad SMARTS) is 1. The molecule has 1 amide bonds. The Kier molecular flexibility index (Phi) is 16.0. The van der Waals surface area contributed by atoms with E-state index in [1.54, 1.807) is 0 Å². The summed E-state index contributed by atoms with van der Waals surface area (Å²) >= 11 is 0. The molecule has 0 saturated heterocycles. The van der Waals surface area contributed by atoms with Gasteiger partial charge in [0.25, 0.3) is 0 Å². The minimum Gasteiger partial charge on any atom is -0.480 e. The summed E-state index contributed by atoms with van der Waals surface area (Å²) in [6, 6.07) is 14.4. The third kappa shape index (κ3) is 11.7. The van der Waals surface area contributed by atoms with E-state index in [1.807, 2.05) is 36.4 Å². The van der Waals surface area contributed by atoms with E-state index in [9.17, 15) is 19.5 Å². The van der Waals surface area contributed by atoms with Crippen LogP contribution in [-0.2, 0) is 14.3 Å². The molecule has 0 saturated carbocycles. The second kappa shape index (κ2) is 20.0. The standard InChI is InChI=1S/C37H54N2O5/c1-2-3-4-5-6-7-8-9-10-11-12-13-14-26-35(40)33(38)24-19-25-34(36(41)42)39-37(43)44-27-32-30-22-17-15-20-28(30)29-21-16-18-23-31(29)32/h15-18,20-23,32-34H,2-14,19,24-27,38H2,1H3,(H,39,43)(H,41,42)/t33?,34-/m0/s1. The number of nitrogens with two attached hydrogens (primary N) is 1. The predicted molar refractivity (Wildman–Crippen MR) is 177 cm³/mol.